The molecule has 0 aliphatic heterocycles. The molecule has 8 heteroatoms. The monoisotopic (exact) mass is 342 g/mol. The Morgan fingerprint density at radius 3 is 2.54 bits per heavy atom. The van der Waals surface area contributed by atoms with E-state index in [0.29, 0.717) is 28.4 Å². The summed E-state index contributed by atoms with van der Waals surface area (Å²) in [5.74, 6) is -0.410. The molecule has 7 nitrogen and oxygen atoms in total. The van der Waals surface area contributed by atoms with Gasteiger partial charge in [0, 0.05) is 11.4 Å². The van der Waals surface area contributed by atoms with E-state index in [1.807, 2.05) is 6.92 Å². The average Bonchev–Trinajstić information content (AvgIpc) is 3.26. The summed E-state index contributed by atoms with van der Waals surface area (Å²) in [5, 5.41) is 9.42. The molecule has 0 spiro atoms. The summed E-state index contributed by atoms with van der Waals surface area (Å²) in [5.41, 5.74) is 1.78. The fourth-order valence-electron chi connectivity index (χ4n) is 2.08. The zero-order valence-corrected chi connectivity index (χ0v) is 13.6. The number of benzene rings is 1. The van der Waals surface area contributed by atoms with Crippen molar-refractivity contribution in [3.05, 3.63) is 59.0 Å². The van der Waals surface area contributed by atoms with Crippen LogP contribution in [0, 0.1) is 0 Å². The number of hydrogen-bond acceptors (Lipinski definition) is 6. The van der Waals surface area contributed by atoms with Crippen LogP contribution < -0.4 is 10.6 Å². The van der Waals surface area contributed by atoms with E-state index in [2.05, 4.69) is 20.2 Å². The van der Waals surface area contributed by atoms with E-state index in [0.717, 1.165) is 11.5 Å². The number of aryl methyl sites for hydroxylation is 1. The number of amides is 2. The van der Waals surface area contributed by atoms with Crippen LogP contribution in [-0.2, 0) is 6.42 Å². The third kappa shape index (κ3) is 3.49. The highest BCUT2D eigenvalue weighted by molar-refractivity contribution is 7.08. The summed E-state index contributed by atoms with van der Waals surface area (Å²) in [6.07, 6.45) is 2.07. The molecule has 0 bridgehead atoms. The van der Waals surface area contributed by atoms with E-state index >= 15 is 0 Å². The van der Waals surface area contributed by atoms with Crippen molar-refractivity contribution in [2.24, 2.45) is 0 Å². The molecule has 0 aliphatic carbocycles. The minimum absolute atomic E-state index is 0.216. The van der Waals surface area contributed by atoms with Crippen LogP contribution in [0.4, 0.5) is 11.4 Å². The van der Waals surface area contributed by atoms with Crippen molar-refractivity contribution in [3.8, 4) is 0 Å². The minimum Gasteiger partial charge on any atom is -0.459 e. The molecule has 0 fully saturated rings. The van der Waals surface area contributed by atoms with Gasteiger partial charge in [0.25, 0.3) is 11.8 Å². The normalized spacial score (nSPS) is 10.4. The molecule has 0 atom stereocenters. The van der Waals surface area contributed by atoms with Gasteiger partial charge in [0.05, 0.1) is 12.0 Å². The predicted octanol–water partition coefficient (Wildman–Crippen LogP) is 3.20. The molecule has 0 aliphatic rings. The number of nitrogens with one attached hydrogen (secondary N) is 2. The number of rotatable bonds is 5. The molecule has 122 valence electrons. The summed E-state index contributed by atoms with van der Waals surface area (Å²) in [7, 11) is 0. The van der Waals surface area contributed by atoms with Gasteiger partial charge >= 0.3 is 0 Å². The van der Waals surface area contributed by atoms with Crippen molar-refractivity contribution in [1.82, 2.24) is 9.59 Å². The zero-order chi connectivity index (χ0) is 16.9. The SMILES string of the molecule is CCc1nnsc1C(=O)Nc1cccc(NC(=O)c2ccco2)c1. The Labute approximate surface area is 141 Å². The van der Waals surface area contributed by atoms with Gasteiger partial charge in [0.15, 0.2) is 5.76 Å². The molecule has 0 saturated carbocycles. The highest BCUT2D eigenvalue weighted by Crippen LogP contribution is 2.19. The maximum atomic E-state index is 12.3. The van der Waals surface area contributed by atoms with Gasteiger partial charge in [-0.1, -0.05) is 17.5 Å². The summed E-state index contributed by atoms with van der Waals surface area (Å²) < 4.78 is 8.85. The Hall–Kier alpha value is -3.00. The van der Waals surface area contributed by atoms with Crippen molar-refractivity contribution in [3.63, 3.8) is 0 Å². The van der Waals surface area contributed by atoms with Crippen LogP contribution >= 0.6 is 11.5 Å². The Balaban J connectivity index is 1.71. The second-order valence-corrected chi connectivity index (χ2v) is 5.62. The fourth-order valence-corrected chi connectivity index (χ4v) is 2.72. The second kappa shape index (κ2) is 7.05. The topological polar surface area (TPSA) is 97.1 Å². The molecule has 2 N–H and O–H groups in total. The largest absolute Gasteiger partial charge is 0.459 e. The second-order valence-electron chi connectivity index (χ2n) is 4.87. The summed E-state index contributed by atoms with van der Waals surface area (Å²) in [4.78, 5) is 24.8. The third-order valence-corrected chi connectivity index (χ3v) is 3.99. The first kappa shape index (κ1) is 15.9. The summed E-state index contributed by atoms with van der Waals surface area (Å²) in [6.45, 7) is 1.91. The van der Waals surface area contributed by atoms with Crippen molar-refractivity contribution < 1.29 is 14.0 Å². The number of anilines is 2. The first-order valence-corrected chi connectivity index (χ1v) is 8.02. The average molecular weight is 342 g/mol. The lowest BCUT2D eigenvalue weighted by atomic mass is 10.2. The molecule has 3 rings (SSSR count). The lowest BCUT2D eigenvalue weighted by Crippen LogP contribution is -2.14. The van der Waals surface area contributed by atoms with Gasteiger partial charge in [-0.25, -0.2) is 0 Å². The Morgan fingerprint density at radius 2 is 1.88 bits per heavy atom. The van der Waals surface area contributed by atoms with Crippen molar-refractivity contribution >= 4 is 34.7 Å². The maximum Gasteiger partial charge on any atom is 0.291 e. The molecule has 1 aromatic carbocycles. The van der Waals surface area contributed by atoms with E-state index in [1.54, 1.807) is 36.4 Å². The van der Waals surface area contributed by atoms with Crippen molar-refractivity contribution in [2.45, 2.75) is 13.3 Å². The van der Waals surface area contributed by atoms with Crippen molar-refractivity contribution in [2.75, 3.05) is 10.6 Å². The van der Waals surface area contributed by atoms with E-state index in [-0.39, 0.29) is 17.6 Å². The number of carbonyl (C=O) groups excluding carboxylic acids is 2. The van der Waals surface area contributed by atoms with Crippen LogP contribution in [0.25, 0.3) is 0 Å². The smallest absolute Gasteiger partial charge is 0.291 e. The minimum atomic E-state index is -0.358. The van der Waals surface area contributed by atoms with Crippen LogP contribution in [0.1, 0.15) is 32.8 Å². The molecule has 0 unspecified atom stereocenters. The molecule has 2 aromatic heterocycles. The quantitative estimate of drug-likeness (QED) is 0.742. The van der Waals surface area contributed by atoms with Gasteiger partial charge in [-0.15, -0.1) is 5.10 Å². The highest BCUT2D eigenvalue weighted by Gasteiger charge is 2.15. The van der Waals surface area contributed by atoms with E-state index in [1.165, 1.54) is 6.26 Å². The van der Waals surface area contributed by atoms with Gasteiger partial charge in [0.1, 0.15) is 4.88 Å². The van der Waals surface area contributed by atoms with E-state index in [4.69, 9.17) is 4.42 Å². The number of nitrogens with zero attached hydrogens (tertiary/aromatic N) is 2. The maximum absolute atomic E-state index is 12.3. The van der Waals surface area contributed by atoms with Gasteiger partial charge in [0.2, 0.25) is 0 Å². The van der Waals surface area contributed by atoms with Gasteiger partial charge in [-0.05, 0) is 48.3 Å². The molecule has 2 heterocycles. The lowest BCUT2D eigenvalue weighted by molar-refractivity contribution is 0.0995. The Morgan fingerprint density at radius 1 is 1.12 bits per heavy atom. The third-order valence-electron chi connectivity index (χ3n) is 3.22. The molecular formula is C16H14N4O3S. The number of furan rings is 1. The first-order valence-electron chi connectivity index (χ1n) is 7.25. The van der Waals surface area contributed by atoms with Crippen LogP contribution in [-0.4, -0.2) is 21.4 Å². The Bertz CT molecular complexity index is 858. The van der Waals surface area contributed by atoms with Crippen LogP contribution in [0.3, 0.4) is 0 Å². The van der Waals surface area contributed by atoms with E-state index in [9.17, 15) is 9.59 Å². The lowest BCUT2D eigenvalue weighted by Gasteiger charge is -2.07. The highest BCUT2D eigenvalue weighted by atomic mass is 32.1. The standard InChI is InChI=1S/C16H14N4O3S/c1-2-12-14(24-20-19-12)16(22)18-11-6-3-5-10(9-11)17-15(21)13-7-4-8-23-13/h3-9H,2H2,1H3,(H,17,21)(H,18,22). The van der Waals surface area contributed by atoms with Crippen LogP contribution in [0.5, 0.6) is 0 Å². The molecule has 2 amide bonds. The van der Waals surface area contributed by atoms with Gasteiger partial charge in [-0.3, -0.25) is 9.59 Å². The Kier molecular flexibility index (Phi) is 4.66. The van der Waals surface area contributed by atoms with Gasteiger partial charge in [-0.2, -0.15) is 0 Å². The van der Waals surface area contributed by atoms with Crippen LogP contribution in [0.2, 0.25) is 0 Å². The number of aromatic nitrogens is 2. The molecule has 3 aromatic rings. The predicted molar refractivity (Wildman–Crippen MR) is 90.3 cm³/mol. The first-order chi connectivity index (χ1) is 11.7. The summed E-state index contributed by atoms with van der Waals surface area (Å²) in [6, 6.07) is 10.1. The van der Waals surface area contributed by atoms with Gasteiger partial charge < -0.3 is 15.1 Å². The molecule has 0 radical (unpaired) electrons. The molecular weight excluding hydrogens is 328 g/mol. The molecule has 24 heavy (non-hydrogen) atoms. The zero-order valence-electron chi connectivity index (χ0n) is 12.8. The molecule has 0 saturated heterocycles. The number of carbonyl (C=O) groups is 2. The van der Waals surface area contributed by atoms with Crippen molar-refractivity contribution in [1.29, 1.82) is 0 Å². The number of hydrogen-bond donors (Lipinski definition) is 2. The fraction of sp³-hybridized carbons (Fsp3) is 0.125. The van der Waals surface area contributed by atoms with E-state index < -0.39 is 0 Å². The van der Waals surface area contributed by atoms with Crippen LogP contribution in [0.15, 0.2) is 47.1 Å². The summed E-state index contributed by atoms with van der Waals surface area (Å²) >= 11 is 1.06.